The average molecular weight is 274 g/mol. The Kier molecular flexibility index (Phi) is 4.20. The number of rotatable bonds is 4. The molecule has 0 saturated heterocycles. The van der Waals surface area contributed by atoms with E-state index in [1.54, 1.807) is 37.3 Å². The number of benzene rings is 2. The quantitative estimate of drug-likeness (QED) is 0.842. The van der Waals surface area contributed by atoms with Crippen LogP contribution in [0.4, 0.5) is 15.8 Å². The number of aryl methyl sites for hydroxylation is 1. The highest BCUT2D eigenvalue weighted by Crippen LogP contribution is 2.19. The van der Waals surface area contributed by atoms with Gasteiger partial charge in [-0.2, -0.15) is 0 Å². The first kappa shape index (κ1) is 13.9. The van der Waals surface area contributed by atoms with Crippen molar-refractivity contribution < 1.29 is 13.9 Å². The van der Waals surface area contributed by atoms with E-state index in [0.29, 0.717) is 17.1 Å². The second-order valence-corrected chi connectivity index (χ2v) is 4.39. The van der Waals surface area contributed by atoms with Crippen molar-refractivity contribution >= 4 is 17.3 Å². The van der Waals surface area contributed by atoms with Crippen molar-refractivity contribution in [3.05, 3.63) is 53.8 Å². The molecule has 0 atom stereocenters. The van der Waals surface area contributed by atoms with Crippen molar-refractivity contribution in [1.29, 1.82) is 0 Å². The fourth-order valence-corrected chi connectivity index (χ4v) is 1.76. The summed E-state index contributed by atoms with van der Waals surface area (Å²) in [4.78, 5) is 11.7. The number of para-hydroxylation sites is 2. The van der Waals surface area contributed by atoms with Gasteiger partial charge in [0.2, 0.25) is 0 Å². The molecule has 0 aliphatic rings. The van der Waals surface area contributed by atoms with Crippen LogP contribution in [0.1, 0.15) is 5.56 Å². The van der Waals surface area contributed by atoms with E-state index in [0.717, 1.165) is 5.56 Å². The predicted molar refractivity (Wildman–Crippen MR) is 76.1 cm³/mol. The minimum absolute atomic E-state index is 0.191. The SMILES string of the molecule is Cc1cc(F)cc(NC(=O)COc2ccccc2N)c1. The van der Waals surface area contributed by atoms with Gasteiger partial charge in [-0.1, -0.05) is 12.1 Å². The smallest absolute Gasteiger partial charge is 0.262 e. The Balaban J connectivity index is 1.94. The Morgan fingerprint density at radius 2 is 2.05 bits per heavy atom. The summed E-state index contributed by atoms with van der Waals surface area (Å²) in [6, 6.07) is 11.2. The van der Waals surface area contributed by atoms with E-state index in [2.05, 4.69) is 5.32 Å². The molecule has 0 radical (unpaired) electrons. The molecule has 20 heavy (non-hydrogen) atoms. The lowest BCUT2D eigenvalue weighted by Gasteiger charge is -2.09. The third-order valence-electron chi connectivity index (χ3n) is 2.60. The lowest BCUT2D eigenvalue weighted by Crippen LogP contribution is -2.20. The molecule has 2 aromatic carbocycles. The molecule has 0 fully saturated rings. The summed E-state index contributed by atoms with van der Waals surface area (Å²) >= 11 is 0. The number of nitrogens with one attached hydrogen (secondary N) is 1. The molecule has 0 aliphatic carbocycles. The van der Waals surface area contributed by atoms with Crippen LogP contribution in [0, 0.1) is 12.7 Å². The third kappa shape index (κ3) is 3.71. The molecule has 104 valence electrons. The molecule has 0 aromatic heterocycles. The molecule has 1 amide bonds. The lowest BCUT2D eigenvalue weighted by molar-refractivity contribution is -0.118. The standard InChI is InChI=1S/C15H15FN2O2/c1-10-6-11(16)8-12(7-10)18-15(19)9-20-14-5-3-2-4-13(14)17/h2-8H,9,17H2,1H3,(H,18,19). The van der Waals surface area contributed by atoms with Crippen molar-refractivity contribution in [3.8, 4) is 5.75 Å². The number of anilines is 2. The second kappa shape index (κ2) is 6.06. The molecule has 0 spiro atoms. The van der Waals surface area contributed by atoms with Crippen LogP contribution in [0.2, 0.25) is 0 Å². The zero-order chi connectivity index (χ0) is 14.5. The van der Waals surface area contributed by atoms with Crippen molar-refractivity contribution in [2.75, 3.05) is 17.7 Å². The van der Waals surface area contributed by atoms with Gasteiger partial charge in [-0.25, -0.2) is 4.39 Å². The maximum atomic E-state index is 13.2. The first-order valence-corrected chi connectivity index (χ1v) is 6.09. The van der Waals surface area contributed by atoms with Crippen LogP contribution in [0.15, 0.2) is 42.5 Å². The Bertz CT molecular complexity index is 609. The molecule has 5 heteroatoms. The van der Waals surface area contributed by atoms with Gasteiger partial charge in [-0.3, -0.25) is 4.79 Å². The van der Waals surface area contributed by atoms with Gasteiger partial charge >= 0.3 is 0 Å². The number of ether oxygens (including phenoxy) is 1. The van der Waals surface area contributed by atoms with Gasteiger partial charge in [-0.15, -0.1) is 0 Å². The summed E-state index contributed by atoms with van der Waals surface area (Å²) in [6.45, 7) is 1.56. The fraction of sp³-hybridized carbons (Fsp3) is 0.133. The Hall–Kier alpha value is -2.56. The molecule has 0 saturated carbocycles. The lowest BCUT2D eigenvalue weighted by atomic mass is 10.2. The van der Waals surface area contributed by atoms with Crippen LogP contribution in [0.3, 0.4) is 0 Å². The van der Waals surface area contributed by atoms with E-state index in [9.17, 15) is 9.18 Å². The molecule has 4 nitrogen and oxygen atoms in total. The van der Waals surface area contributed by atoms with Crippen LogP contribution in [0.25, 0.3) is 0 Å². The van der Waals surface area contributed by atoms with Crippen LogP contribution in [-0.2, 0) is 4.79 Å². The molecular formula is C15H15FN2O2. The van der Waals surface area contributed by atoms with Gasteiger partial charge in [0.05, 0.1) is 5.69 Å². The van der Waals surface area contributed by atoms with Crippen LogP contribution >= 0.6 is 0 Å². The maximum absolute atomic E-state index is 13.2. The Morgan fingerprint density at radius 1 is 1.30 bits per heavy atom. The van der Waals surface area contributed by atoms with E-state index in [-0.39, 0.29) is 12.5 Å². The monoisotopic (exact) mass is 274 g/mol. The number of nitrogen functional groups attached to an aromatic ring is 1. The molecule has 0 heterocycles. The molecule has 0 aliphatic heterocycles. The van der Waals surface area contributed by atoms with Gasteiger partial charge in [0.15, 0.2) is 6.61 Å². The fourth-order valence-electron chi connectivity index (χ4n) is 1.76. The van der Waals surface area contributed by atoms with Gasteiger partial charge in [0.25, 0.3) is 5.91 Å². The zero-order valence-electron chi connectivity index (χ0n) is 11.0. The minimum Gasteiger partial charge on any atom is -0.482 e. The number of hydrogen-bond donors (Lipinski definition) is 2. The Labute approximate surface area is 116 Å². The number of carbonyl (C=O) groups is 1. The minimum atomic E-state index is -0.395. The maximum Gasteiger partial charge on any atom is 0.262 e. The number of halogens is 1. The first-order chi connectivity index (χ1) is 9.54. The Morgan fingerprint density at radius 3 is 2.75 bits per heavy atom. The van der Waals surface area contributed by atoms with Crippen LogP contribution in [-0.4, -0.2) is 12.5 Å². The van der Waals surface area contributed by atoms with Crippen molar-refractivity contribution in [2.24, 2.45) is 0 Å². The van der Waals surface area contributed by atoms with Crippen molar-refractivity contribution in [3.63, 3.8) is 0 Å². The highest BCUT2D eigenvalue weighted by Gasteiger charge is 2.06. The van der Waals surface area contributed by atoms with E-state index < -0.39 is 5.82 Å². The number of hydrogen-bond acceptors (Lipinski definition) is 3. The number of amides is 1. The van der Waals surface area contributed by atoms with Gasteiger partial charge in [0.1, 0.15) is 11.6 Å². The van der Waals surface area contributed by atoms with Gasteiger partial charge < -0.3 is 15.8 Å². The van der Waals surface area contributed by atoms with E-state index >= 15 is 0 Å². The molecule has 0 bridgehead atoms. The highest BCUT2D eigenvalue weighted by atomic mass is 19.1. The predicted octanol–water partition coefficient (Wildman–Crippen LogP) is 2.73. The van der Waals surface area contributed by atoms with Crippen molar-refractivity contribution in [1.82, 2.24) is 0 Å². The topological polar surface area (TPSA) is 64.3 Å². The summed E-state index contributed by atoms with van der Waals surface area (Å²) in [7, 11) is 0. The average Bonchev–Trinajstić information content (AvgIpc) is 2.36. The molecular weight excluding hydrogens is 259 g/mol. The first-order valence-electron chi connectivity index (χ1n) is 6.09. The highest BCUT2D eigenvalue weighted by molar-refractivity contribution is 5.92. The van der Waals surface area contributed by atoms with Crippen molar-refractivity contribution in [2.45, 2.75) is 6.92 Å². The summed E-state index contributed by atoms with van der Waals surface area (Å²) < 4.78 is 18.5. The summed E-state index contributed by atoms with van der Waals surface area (Å²) in [5.74, 6) is -0.329. The summed E-state index contributed by atoms with van der Waals surface area (Å²) in [6.07, 6.45) is 0. The zero-order valence-corrected chi connectivity index (χ0v) is 11.0. The molecule has 0 unspecified atom stereocenters. The van der Waals surface area contributed by atoms with E-state index in [4.69, 9.17) is 10.5 Å². The third-order valence-corrected chi connectivity index (χ3v) is 2.60. The number of nitrogens with two attached hydrogens (primary N) is 1. The largest absolute Gasteiger partial charge is 0.482 e. The molecule has 3 N–H and O–H groups in total. The molecule has 2 aromatic rings. The van der Waals surface area contributed by atoms with Gasteiger partial charge in [-0.05, 0) is 42.8 Å². The van der Waals surface area contributed by atoms with E-state index in [1.807, 2.05) is 0 Å². The summed E-state index contributed by atoms with van der Waals surface area (Å²) in [5.41, 5.74) is 7.28. The van der Waals surface area contributed by atoms with Crippen LogP contribution < -0.4 is 15.8 Å². The van der Waals surface area contributed by atoms with Crippen LogP contribution in [0.5, 0.6) is 5.75 Å². The molecule has 2 rings (SSSR count). The summed E-state index contributed by atoms with van der Waals surface area (Å²) in [5, 5.41) is 2.57. The number of carbonyl (C=O) groups excluding carboxylic acids is 1. The normalized spacial score (nSPS) is 10.1. The second-order valence-electron chi connectivity index (χ2n) is 4.39. The van der Waals surface area contributed by atoms with E-state index in [1.165, 1.54) is 12.1 Å². The van der Waals surface area contributed by atoms with Gasteiger partial charge in [0, 0.05) is 5.69 Å².